The van der Waals surface area contributed by atoms with Gasteiger partial charge in [-0.15, -0.1) is 0 Å². The Morgan fingerprint density at radius 1 is 1.22 bits per heavy atom. The van der Waals surface area contributed by atoms with Crippen LogP contribution in [0.1, 0.15) is 50.7 Å². The molecule has 4 N–H and O–H groups in total. The van der Waals surface area contributed by atoms with Crippen LogP contribution in [0.25, 0.3) is 11.0 Å². The van der Waals surface area contributed by atoms with Crippen LogP contribution in [0.2, 0.25) is 0 Å². The van der Waals surface area contributed by atoms with E-state index in [4.69, 9.17) is 20.3 Å². The van der Waals surface area contributed by atoms with E-state index in [-0.39, 0.29) is 12.6 Å². The smallest absolute Gasteiger partial charge is 0.222 e. The number of unbranched alkanes of at least 4 members (excludes halogenated alkanes) is 1. The second-order valence-electron chi connectivity index (χ2n) is 9.30. The van der Waals surface area contributed by atoms with Crippen molar-refractivity contribution in [2.75, 3.05) is 44.0 Å². The third kappa shape index (κ3) is 6.24. The lowest BCUT2D eigenvalue weighted by molar-refractivity contribution is -0.0102. The van der Waals surface area contributed by atoms with E-state index in [1.54, 1.807) is 7.11 Å². The number of nitrogen functional groups attached to an aromatic ring is 1. The first kappa shape index (κ1) is 26.1. The topological polar surface area (TPSA) is 124 Å². The number of aliphatic hydroxyl groups is 1. The lowest BCUT2D eigenvalue weighted by Gasteiger charge is -2.35. The highest BCUT2D eigenvalue weighted by atomic mass is 16.5. The SMILES string of the molecule is CCCCN(CCO)c1nc(N)nc2cn(Cc3ccc(CNC4CC(OCC)C4)cc3OC)nc12. The van der Waals surface area contributed by atoms with Gasteiger partial charge in [-0.05, 0) is 37.8 Å². The van der Waals surface area contributed by atoms with Crippen molar-refractivity contribution in [1.29, 1.82) is 0 Å². The van der Waals surface area contributed by atoms with Gasteiger partial charge in [0.15, 0.2) is 11.3 Å². The lowest BCUT2D eigenvalue weighted by Crippen LogP contribution is -2.45. The molecule has 1 aromatic carbocycles. The van der Waals surface area contributed by atoms with Gasteiger partial charge in [0.25, 0.3) is 0 Å². The van der Waals surface area contributed by atoms with E-state index in [0.29, 0.717) is 42.1 Å². The molecule has 0 atom stereocenters. The van der Waals surface area contributed by atoms with Gasteiger partial charge in [-0.25, -0.2) is 4.98 Å². The summed E-state index contributed by atoms with van der Waals surface area (Å²) >= 11 is 0. The summed E-state index contributed by atoms with van der Waals surface area (Å²) in [6, 6.07) is 6.81. The van der Waals surface area contributed by atoms with Crippen molar-refractivity contribution in [3.63, 3.8) is 0 Å². The van der Waals surface area contributed by atoms with Crippen LogP contribution in [0.3, 0.4) is 0 Å². The maximum absolute atomic E-state index is 9.57. The van der Waals surface area contributed by atoms with Gasteiger partial charge in [0.05, 0.1) is 32.6 Å². The van der Waals surface area contributed by atoms with Gasteiger partial charge in [-0.3, -0.25) is 4.68 Å². The Kier molecular flexibility index (Phi) is 8.95. The second kappa shape index (κ2) is 12.3. The Morgan fingerprint density at radius 2 is 2.06 bits per heavy atom. The highest BCUT2D eigenvalue weighted by molar-refractivity contribution is 5.86. The van der Waals surface area contributed by atoms with Gasteiger partial charge in [-0.1, -0.05) is 25.5 Å². The molecule has 0 aliphatic heterocycles. The molecule has 0 bridgehead atoms. The van der Waals surface area contributed by atoms with Crippen molar-refractivity contribution in [2.45, 2.75) is 64.8 Å². The van der Waals surface area contributed by atoms with E-state index < -0.39 is 0 Å². The van der Waals surface area contributed by atoms with Gasteiger partial charge in [0.2, 0.25) is 5.95 Å². The van der Waals surface area contributed by atoms with E-state index in [2.05, 4.69) is 40.4 Å². The number of hydrogen-bond acceptors (Lipinski definition) is 9. The quantitative estimate of drug-likeness (QED) is 0.308. The van der Waals surface area contributed by atoms with Crippen molar-refractivity contribution in [3.8, 4) is 5.75 Å². The van der Waals surface area contributed by atoms with E-state index in [1.807, 2.05) is 22.7 Å². The number of nitrogens with two attached hydrogens (primary N) is 1. The number of nitrogens with zero attached hydrogens (tertiary/aromatic N) is 5. The first-order chi connectivity index (χ1) is 17.5. The van der Waals surface area contributed by atoms with Crippen molar-refractivity contribution in [3.05, 3.63) is 35.5 Å². The van der Waals surface area contributed by atoms with Crippen LogP contribution < -0.4 is 20.7 Å². The molecule has 1 aliphatic carbocycles. The number of fused-ring (bicyclic) bond motifs is 1. The molecule has 0 amide bonds. The molecule has 196 valence electrons. The zero-order chi connectivity index (χ0) is 25.5. The summed E-state index contributed by atoms with van der Waals surface area (Å²) < 4.78 is 13.2. The summed E-state index contributed by atoms with van der Waals surface area (Å²) in [5.41, 5.74) is 9.58. The number of methoxy groups -OCH3 is 1. The molecule has 1 aliphatic rings. The third-order valence-electron chi connectivity index (χ3n) is 6.64. The Balaban J connectivity index is 1.48. The van der Waals surface area contributed by atoms with Gasteiger partial charge in [-0.2, -0.15) is 10.1 Å². The summed E-state index contributed by atoms with van der Waals surface area (Å²) in [4.78, 5) is 10.9. The molecule has 1 saturated carbocycles. The molecular formula is C26H39N7O3. The van der Waals surface area contributed by atoms with Crippen LogP contribution in [-0.2, 0) is 17.8 Å². The third-order valence-corrected chi connectivity index (χ3v) is 6.64. The summed E-state index contributed by atoms with van der Waals surface area (Å²) in [6.07, 6.45) is 6.45. The van der Waals surface area contributed by atoms with Gasteiger partial charge >= 0.3 is 0 Å². The van der Waals surface area contributed by atoms with E-state index >= 15 is 0 Å². The number of benzene rings is 1. The zero-order valence-electron chi connectivity index (χ0n) is 21.6. The van der Waals surface area contributed by atoms with Crippen LogP contribution in [0.15, 0.2) is 24.4 Å². The fourth-order valence-electron chi connectivity index (χ4n) is 4.63. The van der Waals surface area contributed by atoms with Gasteiger partial charge < -0.3 is 30.5 Å². The maximum Gasteiger partial charge on any atom is 0.222 e. The standard InChI is InChI=1S/C26H39N7O3/c1-4-6-9-32(10-11-34)25-24-22(29-26(27)30-25)17-33(31-24)16-19-8-7-18(12-23(19)35-3)15-28-20-13-21(14-20)36-5-2/h7-8,12,17,20-21,28,34H,4-6,9-11,13-16H2,1-3H3,(H2,27,29). The molecule has 0 spiro atoms. The van der Waals surface area contributed by atoms with Gasteiger partial charge in [0, 0.05) is 37.8 Å². The average Bonchev–Trinajstić information content (AvgIpc) is 3.25. The van der Waals surface area contributed by atoms with Crippen LogP contribution >= 0.6 is 0 Å². The van der Waals surface area contributed by atoms with E-state index in [9.17, 15) is 5.11 Å². The number of hydrogen-bond donors (Lipinski definition) is 3. The normalized spacial score (nSPS) is 17.3. The largest absolute Gasteiger partial charge is 0.496 e. The minimum absolute atomic E-state index is 0.0298. The van der Waals surface area contributed by atoms with Crippen molar-refractivity contribution in [2.24, 2.45) is 0 Å². The molecule has 2 aromatic heterocycles. The zero-order valence-corrected chi connectivity index (χ0v) is 21.6. The Hall–Kier alpha value is -2.95. The fraction of sp³-hybridized carbons (Fsp3) is 0.577. The molecule has 4 rings (SSSR count). The number of ether oxygens (including phenoxy) is 2. The molecule has 3 aromatic rings. The van der Waals surface area contributed by atoms with Crippen LogP contribution in [0.4, 0.5) is 11.8 Å². The molecule has 0 unspecified atom stereocenters. The molecular weight excluding hydrogens is 458 g/mol. The molecule has 10 heteroatoms. The summed E-state index contributed by atoms with van der Waals surface area (Å²) in [7, 11) is 1.69. The predicted molar refractivity (Wildman–Crippen MR) is 141 cm³/mol. The highest BCUT2D eigenvalue weighted by Gasteiger charge is 2.28. The van der Waals surface area contributed by atoms with Crippen LogP contribution in [-0.4, -0.2) is 70.4 Å². The summed E-state index contributed by atoms with van der Waals surface area (Å²) in [6.45, 7) is 7.55. The number of rotatable bonds is 14. The highest BCUT2D eigenvalue weighted by Crippen LogP contribution is 2.27. The monoisotopic (exact) mass is 497 g/mol. The Morgan fingerprint density at radius 3 is 2.78 bits per heavy atom. The average molecular weight is 498 g/mol. The number of nitrogens with one attached hydrogen (secondary N) is 1. The maximum atomic E-state index is 9.57. The molecule has 0 saturated heterocycles. The van der Waals surface area contributed by atoms with Crippen molar-refractivity contribution >= 4 is 22.8 Å². The number of aromatic nitrogens is 4. The van der Waals surface area contributed by atoms with Crippen LogP contribution in [0.5, 0.6) is 5.75 Å². The minimum Gasteiger partial charge on any atom is -0.496 e. The Bertz CT molecular complexity index is 1130. The minimum atomic E-state index is 0.0298. The number of aliphatic hydroxyl groups excluding tert-OH is 1. The number of anilines is 2. The molecule has 1 fully saturated rings. The lowest BCUT2D eigenvalue weighted by atomic mass is 9.89. The molecule has 0 radical (unpaired) electrons. The van der Waals surface area contributed by atoms with E-state index in [0.717, 1.165) is 56.7 Å². The predicted octanol–water partition coefficient (Wildman–Crippen LogP) is 2.72. The van der Waals surface area contributed by atoms with Gasteiger partial charge in [0.1, 0.15) is 11.3 Å². The van der Waals surface area contributed by atoms with Crippen molar-refractivity contribution in [1.82, 2.24) is 25.1 Å². The molecule has 36 heavy (non-hydrogen) atoms. The first-order valence-electron chi connectivity index (χ1n) is 12.9. The fourth-order valence-corrected chi connectivity index (χ4v) is 4.63. The second-order valence-corrected chi connectivity index (χ2v) is 9.30. The first-order valence-corrected chi connectivity index (χ1v) is 12.9. The molecule has 2 heterocycles. The van der Waals surface area contributed by atoms with Crippen LogP contribution in [0, 0.1) is 0 Å². The summed E-state index contributed by atoms with van der Waals surface area (Å²) in [5.74, 6) is 1.69. The van der Waals surface area contributed by atoms with E-state index in [1.165, 1.54) is 5.56 Å². The Labute approximate surface area is 212 Å². The molecule has 10 nitrogen and oxygen atoms in total. The summed E-state index contributed by atoms with van der Waals surface area (Å²) in [5, 5.41) is 18.0. The van der Waals surface area contributed by atoms with Crippen molar-refractivity contribution < 1.29 is 14.6 Å².